The van der Waals surface area contributed by atoms with E-state index in [9.17, 15) is 8.78 Å². The van der Waals surface area contributed by atoms with Crippen LogP contribution in [-0.2, 0) is 0 Å². The quantitative estimate of drug-likeness (QED) is 0.673. The third-order valence-electron chi connectivity index (χ3n) is 1.57. The minimum absolute atomic E-state index is 0.101. The number of halogens is 2. The second kappa shape index (κ2) is 2.97. The summed E-state index contributed by atoms with van der Waals surface area (Å²) in [5, 5.41) is 0. The molecule has 1 radical (unpaired) electrons. The highest BCUT2D eigenvalue weighted by Crippen LogP contribution is 2.23. The number of hydrogen-bond donors (Lipinski definition) is 0. The van der Waals surface area contributed by atoms with E-state index in [0.29, 0.717) is 0 Å². The van der Waals surface area contributed by atoms with Crippen molar-refractivity contribution in [2.45, 2.75) is 0 Å². The number of rotatable bonds is 1. The first-order valence-corrected chi connectivity index (χ1v) is 3.55. The lowest BCUT2D eigenvalue weighted by Gasteiger charge is -1.98. The molecule has 0 aliphatic carbocycles. The maximum Gasteiger partial charge on any atom is 0.232 e. The molecule has 2 aromatic rings. The smallest absolute Gasteiger partial charge is 0.232 e. The Morgan fingerprint density at radius 3 is 2.46 bits per heavy atom. The van der Waals surface area contributed by atoms with Crippen LogP contribution in [0.5, 0.6) is 0 Å². The molecule has 0 unspecified atom stereocenters. The van der Waals surface area contributed by atoms with Crippen LogP contribution in [0.15, 0.2) is 28.9 Å². The van der Waals surface area contributed by atoms with Crippen molar-refractivity contribution in [2.75, 3.05) is 0 Å². The highest BCUT2D eigenvalue weighted by Gasteiger charge is 2.14. The second-order valence-electron chi connectivity index (χ2n) is 2.38. The maximum atomic E-state index is 13.1. The summed E-state index contributed by atoms with van der Waals surface area (Å²) in [6, 6.07) is 3.56. The lowest BCUT2D eigenvalue weighted by atomic mass is 10.2. The van der Waals surface area contributed by atoms with E-state index in [1.54, 1.807) is 0 Å². The van der Waals surface area contributed by atoms with Crippen molar-refractivity contribution in [3.63, 3.8) is 0 Å². The molecule has 1 heterocycles. The number of oxazole rings is 1. The summed E-state index contributed by atoms with van der Waals surface area (Å²) in [5.41, 5.74) is -0.260. The van der Waals surface area contributed by atoms with Crippen LogP contribution < -0.4 is 0 Å². The Kier molecular flexibility index (Phi) is 1.81. The van der Waals surface area contributed by atoms with E-state index in [1.807, 2.05) is 0 Å². The fourth-order valence-corrected chi connectivity index (χ4v) is 1.01. The summed E-state index contributed by atoms with van der Waals surface area (Å²) in [4.78, 5) is 3.54. The Morgan fingerprint density at radius 2 is 1.92 bits per heavy atom. The molecule has 0 N–H and O–H groups in total. The van der Waals surface area contributed by atoms with Crippen LogP contribution in [-0.4, -0.2) is 4.98 Å². The van der Waals surface area contributed by atoms with Gasteiger partial charge in [0.1, 0.15) is 29.7 Å². The van der Waals surface area contributed by atoms with Crippen LogP contribution in [0, 0.1) is 17.8 Å². The largest absolute Gasteiger partial charge is 0.444 e. The molecule has 2 nitrogen and oxygen atoms in total. The van der Waals surface area contributed by atoms with Crippen LogP contribution in [0.1, 0.15) is 0 Å². The molecule has 0 aliphatic rings. The lowest BCUT2D eigenvalue weighted by Crippen LogP contribution is -1.88. The van der Waals surface area contributed by atoms with Gasteiger partial charge in [0.2, 0.25) is 5.89 Å². The molecule has 0 bridgehead atoms. The van der Waals surface area contributed by atoms with Gasteiger partial charge in [-0.05, 0) is 12.1 Å². The number of aromatic nitrogens is 1. The minimum Gasteiger partial charge on any atom is -0.444 e. The summed E-state index contributed by atoms with van der Waals surface area (Å²) in [7, 11) is 0. The molecule has 2 rings (SSSR count). The van der Waals surface area contributed by atoms with E-state index >= 15 is 0 Å². The van der Waals surface area contributed by atoms with Crippen LogP contribution in [0.25, 0.3) is 11.5 Å². The number of nitrogens with zero attached hydrogens (tertiary/aromatic N) is 1. The van der Waals surface area contributed by atoms with Gasteiger partial charge in [0, 0.05) is 0 Å². The normalized spacial score (nSPS) is 10.3. The van der Waals surface area contributed by atoms with Gasteiger partial charge in [-0.1, -0.05) is 6.07 Å². The van der Waals surface area contributed by atoms with Gasteiger partial charge in [-0.15, -0.1) is 0 Å². The molecular formula is C9H4F2NO. The summed E-state index contributed by atoms with van der Waals surface area (Å²) < 4.78 is 30.9. The zero-order valence-electron chi connectivity index (χ0n) is 6.42. The van der Waals surface area contributed by atoms with Gasteiger partial charge < -0.3 is 4.42 Å². The fraction of sp³-hybridized carbons (Fsp3) is 0. The Bertz CT molecular complexity index is 391. The van der Waals surface area contributed by atoms with Gasteiger partial charge in [-0.25, -0.2) is 13.8 Å². The van der Waals surface area contributed by atoms with Crippen molar-refractivity contribution in [3.05, 3.63) is 42.3 Å². The number of hydrogen-bond acceptors (Lipinski definition) is 2. The predicted molar refractivity (Wildman–Crippen MR) is 40.7 cm³/mol. The molecule has 0 saturated heterocycles. The summed E-state index contributed by atoms with van der Waals surface area (Å²) in [5.74, 6) is -1.50. The molecule has 13 heavy (non-hydrogen) atoms. The van der Waals surface area contributed by atoms with Gasteiger partial charge in [0.15, 0.2) is 0 Å². The summed E-state index contributed by atoms with van der Waals surface area (Å²) in [6.07, 6.45) is 3.47. The second-order valence-corrected chi connectivity index (χ2v) is 2.38. The van der Waals surface area contributed by atoms with E-state index in [-0.39, 0.29) is 11.5 Å². The molecule has 0 aliphatic heterocycles. The Morgan fingerprint density at radius 1 is 1.23 bits per heavy atom. The number of benzene rings is 1. The predicted octanol–water partition coefficient (Wildman–Crippen LogP) is 2.42. The topological polar surface area (TPSA) is 26.0 Å². The van der Waals surface area contributed by atoms with Crippen molar-refractivity contribution >= 4 is 0 Å². The van der Waals surface area contributed by atoms with Crippen LogP contribution in [0.3, 0.4) is 0 Å². The van der Waals surface area contributed by atoms with Crippen molar-refractivity contribution in [3.8, 4) is 11.5 Å². The van der Waals surface area contributed by atoms with E-state index in [0.717, 1.165) is 18.4 Å². The maximum absolute atomic E-state index is 13.1. The van der Waals surface area contributed by atoms with Crippen molar-refractivity contribution in [1.82, 2.24) is 4.98 Å². The fourth-order valence-electron chi connectivity index (χ4n) is 1.01. The van der Waals surface area contributed by atoms with E-state index < -0.39 is 11.6 Å². The van der Waals surface area contributed by atoms with Gasteiger partial charge in [-0.3, -0.25) is 0 Å². The molecule has 1 aromatic heterocycles. The Balaban J connectivity index is 2.64. The zero-order chi connectivity index (χ0) is 9.26. The summed E-state index contributed by atoms with van der Waals surface area (Å²) in [6.45, 7) is 0. The van der Waals surface area contributed by atoms with Gasteiger partial charge in [0.25, 0.3) is 0 Å². The van der Waals surface area contributed by atoms with Gasteiger partial charge in [-0.2, -0.15) is 0 Å². The van der Waals surface area contributed by atoms with E-state index in [4.69, 9.17) is 4.42 Å². The van der Waals surface area contributed by atoms with E-state index in [2.05, 4.69) is 11.2 Å². The molecule has 0 fully saturated rings. The molecule has 0 saturated carbocycles. The first-order chi connectivity index (χ1) is 6.29. The van der Waals surface area contributed by atoms with Crippen LogP contribution >= 0.6 is 0 Å². The minimum atomic E-state index is -0.698. The third-order valence-corrected chi connectivity index (χ3v) is 1.57. The third kappa shape index (κ3) is 1.30. The lowest BCUT2D eigenvalue weighted by molar-refractivity contribution is 0.542. The molecule has 0 spiro atoms. The molecular weight excluding hydrogens is 176 g/mol. The monoisotopic (exact) mass is 180 g/mol. The molecule has 0 atom stereocenters. The van der Waals surface area contributed by atoms with E-state index in [1.165, 1.54) is 6.07 Å². The van der Waals surface area contributed by atoms with Crippen molar-refractivity contribution < 1.29 is 13.2 Å². The average molecular weight is 180 g/mol. The average Bonchev–Trinajstić information content (AvgIpc) is 2.57. The molecule has 4 heteroatoms. The first-order valence-electron chi connectivity index (χ1n) is 3.55. The summed E-state index contributed by atoms with van der Waals surface area (Å²) >= 11 is 0. The Hall–Kier alpha value is -1.71. The van der Waals surface area contributed by atoms with Crippen molar-refractivity contribution in [1.29, 1.82) is 0 Å². The molecule has 65 valence electrons. The SMILES string of the molecule is Fc1cccc(F)c1-c1n[c]co1. The zero-order valence-corrected chi connectivity index (χ0v) is 6.42. The first kappa shape index (κ1) is 7.91. The van der Waals surface area contributed by atoms with Gasteiger partial charge >= 0.3 is 0 Å². The molecule has 1 aromatic carbocycles. The standard InChI is InChI=1S/C9H4F2NO/c10-6-2-1-3-7(11)8(6)9-12-4-5-13-9/h1-3,5H. The Labute approximate surface area is 72.8 Å². The van der Waals surface area contributed by atoms with Crippen LogP contribution in [0.2, 0.25) is 0 Å². The highest BCUT2D eigenvalue weighted by molar-refractivity contribution is 5.54. The molecule has 0 amide bonds. The van der Waals surface area contributed by atoms with Crippen molar-refractivity contribution in [2.24, 2.45) is 0 Å². The highest BCUT2D eigenvalue weighted by atomic mass is 19.1. The van der Waals surface area contributed by atoms with Crippen LogP contribution in [0.4, 0.5) is 8.78 Å². The van der Waals surface area contributed by atoms with Gasteiger partial charge in [0.05, 0.1) is 0 Å².